The Morgan fingerprint density at radius 3 is 2.32 bits per heavy atom. The molecule has 1 aliphatic carbocycles. The smallest absolute Gasteiger partial charge is 0.239 e. The van der Waals surface area contributed by atoms with Gasteiger partial charge in [0.2, 0.25) is 11.8 Å². The van der Waals surface area contributed by atoms with Crippen LogP contribution in [0.5, 0.6) is 5.75 Å². The van der Waals surface area contributed by atoms with Crippen LogP contribution in [-0.4, -0.2) is 43.0 Å². The summed E-state index contributed by atoms with van der Waals surface area (Å²) in [7, 11) is 1.64. The van der Waals surface area contributed by atoms with Crippen molar-refractivity contribution in [2.45, 2.75) is 57.9 Å². The van der Waals surface area contributed by atoms with Crippen LogP contribution < -0.4 is 10.1 Å². The van der Waals surface area contributed by atoms with Gasteiger partial charge in [-0.05, 0) is 37.0 Å². The van der Waals surface area contributed by atoms with E-state index in [9.17, 15) is 9.59 Å². The molecular formula is C20H30N2O3. The minimum atomic E-state index is -0.0653. The third-order valence-corrected chi connectivity index (χ3v) is 4.83. The van der Waals surface area contributed by atoms with Gasteiger partial charge in [0.05, 0.1) is 13.7 Å². The van der Waals surface area contributed by atoms with Crippen molar-refractivity contribution in [3.05, 3.63) is 29.8 Å². The van der Waals surface area contributed by atoms with Gasteiger partial charge >= 0.3 is 0 Å². The molecular weight excluding hydrogens is 316 g/mol. The molecule has 0 aliphatic heterocycles. The van der Waals surface area contributed by atoms with E-state index in [2.05, 4.69) is 5.32 Å². The lowest BCUT2D eigenvalue weighted by molar-refractivity contribution is -0.134. The number of benzene rings is 1. The van der Waals surface area contributed by atoms with E-state index in [-0.39, 0.29) is 24.4 Å². The van der Waals surface area contributed by atoms with E-state index in [0.717, 1.165) is 30.6 Å². The number of hydrogen-bond acceptors (Lipinski definition) is 3. The molecule has 2 amide bonds. The SMILES string of the molecule is COc1ccc(CCN(CC(=O)NC2CCCCCC2)C(C)=O)cc1. The number of carbonyl (C=O) groups is 2. The zero-order valence-corrected chi connectivity index (χ0v) is 15.4. The standard InChI is InChI=1S/C20H30N2O3/c1-16(23)22(14-13-17-9-11-19(25-2)12-10-17)15-20(24)21-18-7-5-3-4-6-8-18/h9-12,18H,3-8,13-15H2,1-2H3,(H,21,24). The molecule has 1 aromatic carbocycles. The summed E-state index contributed by atoms with van der Waals surface area (Å²) in [5.41, 5.74) is 1.12. The van der Waals surface area contributed by atoms with E-state index in [1.165, 1.54) is 32.6 Å². The quantitative estimate of drug-likeness (QED) is 0.772. The Hall–Kier alpha value is -2.04. The Labute approximate surface area is 150 Å². The van der Waals surface area contributed by atoms with E-state index in [1.807, 2.05) is 24.3 Å². The summed E-state index contributed by atoms with van der Waals surface area (Å²) in [5.74, 6) is 0.705. The highest BCUT2D eigenvalue weighted by molar-refractivity contribution is 5.83. The number of nitrogens with zero attached hydrogens (tertiary/aromatic N) is 1. The molecule has 25 heavy (non-hydrogen) atoms. The highest BCUT2D eigenvalue weighted by atomic mass is 16.5. The average molecular weight is 346 g/mol. The van der Waals surface area contributed by atoms with E-state index < -0.39 is 0 Å². The molecule has 0 radical (unpaired) electrons. The van der Waals surface area contributed by atoms with E-state index >= 15 is 0 Å². The van der Waals surface area contributed by atoms with Crippen molar-refractivity contribution in [2.24, 2.45) is 0 Å². The Bertz CT molecular complexity index is 549. The first-order valence-electron chi connectivity index (χ1n) is 9.26. The predicted octanol–water partition coefficient (Wildman–Crippen LogP) is 2.93. The summed E-state index contributed by atoms with van der Waals surface area (Å²) < 4.78 is 5.15. The average Bonchev–Trinajstić information content (AvgIpc) is 2.87. The van der Waals surface area contributed by atoms with E-state index in [1.54, 1.807) is 12.0 Å². The van der Waals surface area contributed by atoms with Crippen LogP contribution in [0.2, 0.25) is 0 Å². The number of carbonyl (C=O) groups excluding carboxylic acids is 2. The molecule has 5 heteroatoms. The van der Waals surface area contributed by atoms with Crippen molar-refractivity contribution in [3.63, 3.8) is 0 Å². The third-order valence-electron chi connectivity index (χ3n) is 4.83. The fraction of sp³-hybridized carbons (Fsp3) is 0.600. The zero-order chi connectivity index (χ0) is 18.1. The van der Waals surface area contributed by atoms with Crippen LogP contribution in [0.4, 0.5) is 0 Å². The first-order chi connectivity index (χ1) is 12.1. The number of amides is 2. The number of methoxy groups -OCH3 is 1. The Kier molecular flexibility index (Phi) is 7.76. The van der Waals surface area contributed by atoms with Crippen LogP contribution in [0.25, 0.3) is 0 Å². The van der Waals surface area contributed by atoms with E-state index in [4.69, 9.17) is 4.74 Å². The maximum Gasteiger partial charge on any atom is 0.239 e. The molecule has 0 unspecified atom stereocenters. The summed E-state index contributed by atoms with van der Waals surface area (Å²) in [6, 6.07) is 8.06. The van der Waals surface area contributed by atoms with Crippen LogP contribution >= 0.6 is 0 Å². The van der Waals surface area contributed by atoms with Gasteiger partial charge < -0.3 is 15.0 Å². The molecule has 0 heterocycles. The van der Waals surface area contributed by atoms with Gasteiger partial charge in [-0.1, -0.05) is 37.8 Å². The molecule has 1 fully saturated rings. The molecule has 5 nitrogen and oxygen atoms in total. The molecule has 1 saturated carbocycles. The van der Waals surface area contributed by atoms with Crippen LogP contribution in [0, 0.1) is 0 Å². The molecule has 1 aliphatic rings. The summed E-state index contributed by atoms with van der Waals surface area (Å²) in [6.07, 6.45) is 7.70. The monoisotopic (exact) mass is 346 g/mol. The Balaban J connectivity index is 1.82. The first kappa shape index (κ1) is 19.3. The summed E-state index contributed by atoms with van der Waals surface area (Å²) in [4.78, 5) is 25.8. The molecule has 138 valence electrons. The predicted molar refractivity (Wildman–Crippen MR) is 98.6 cm³/mol. The normalized spacial score (nSPS) is 15.3. The molecule has 1 aromatic rings. The van der Waals surface area contributed by atoms with Gasteiger partial charge in [0.25, 0.3) is 0 Å². The second-order valence-corrected chi connectivity index (χ2v) is 6.79. The van der Waals surface area contributed by atoms with Gasteiger partial charge in [-0.3, -0.25) is 9.59 Å². The largest absolute Gasteiger partial charge is 0.497 e. The molecule has 0 spiro atoms. The van der Waals surface area contributed by atoms with Gasteiger partial charge in [-0.15, -0.1) is 0 Å². The second-order valence-electron chi connectivity index (χ2n) is 6.79. The van der Waals surface area contributed by atoms with Crippen LogP contribution in [0.3, 0.4) is 0 Å². The van der Waals surface area contributed by atoms with Gasteiger partial charge in [-0.25, -0.2) is 0 Å². The van der Waals surface area contributed by atoms with Crippen LogP contribution in [-0.2, 0) is 16.0 Å². The topological polar surface area (TPSA) is 58.6 Å². The minimum Gasteiger partial charge on any atom is -0.497 e. The third kappa shape index (κ3) is 6.77. The fourth-order valence-corrected chi connectivity index (χ4v) is 3.27. The molecule has 0 aromatic heterocycles. The number of rotatable bonds is 7. The van der Waals surface area contributed by atoms with Crippen LogP contribution in [0.1, 0.15) is 51.0 Å². The van der Waals surface area contributed by atoms with Crippen molar-refractivity contribution in [3.8, 4) is 5.75 Å². The minimum absolute atomic E-state index is 0.0446. The second kappa shape index (κ2) is 10.1. The zero-order valence-electron chi connectivity index (χ0n) is 15.4. The van der Waals surface area contributed by atoms with Crippen LogP contribution in [0.15, 0.2) is 24.3 Å². The highest BCUT2D eigenvalue weighted by Crippen LogP contribution is 2.17. The first-order valence-corrected chi connectivity index (χ1v) is 9.26. The van der Waals surface area contributed by atoms with Crippen molar-refractivity contribution >= 4 is 11.8 Å². The van der Waals surface area contributed by atoms with Crippen molar-refractivity contribution in [1.29, 1.82) is 0 Å². The summed E-state index contributed by atoms with van der Waals surface area (Å²) >= 11 is 0. The molecule has 2 rings (SSSR count). The van der Waals surface area contributed by atoms with Gasteiger partial charge in [-0.2, -0.15) is 0 Å². The lowest BCUT2D eigenvalue weighted by Crippen LogP contribution is -2.44. The molecule has 0 saturated heterocycles. The van der Waals surface area contributed by atoms with E-state index in [0.29, 0.717) is 6.54 Å². The Morgan fingerprint density at radius 2 is 1.76 bits per heavy atom. The maximum atomic E-state index is 12.3. The lowest BCUT2D eigenvalue weighted by Gasteiger charge is -2.23. The molecule has 0 bridgehead atoms. The fourth-order valence-electron chi connectivity index (χ4n) is 3.27. The van der Waals surface area contributed by atoms with Gasteiger partial charge in [0.15, 0.2) is 0 Å². The number of hydrogen-bond donors (Lipinski definition) is 1. The summed E-state index contributed by atoms with van der Waals surface area (Å²) in [6.45, 7) is 2.20. The van der Waals surface area contributed by atoms with Gasteiger partial charge in [0, 0.05) is 19.5 Å². The van der Waals surface area contributed by atoms with Crippen molar-refractivity contribution in [2.75, 3.05) is 20.2 Å². The van der Waals surface area contributed by atoms with Gasteiger partial charge in [0.1, 0.15) is 5.75 Å². The summed E-state index contributed by atoms with van der Waals surface area (Å²) in [5, 5.41) is 3.11. The highest BCUT2D eigenvalue weighted by Gasteiger charge is 2.18. The lowest BCUT2D eigenvalue weighted by atomic mass is 10.1. The molecule has 0 atom stereocenters. The van der Waals surface area contributed by atoms with Crippen molar-refractivity contribution in [1.82, 2.24) is 10.2 Å². The van der Waals surface area contributed by atoms with Crippen molar-refractivity contribution < 1.29 is 14.3 Å². The molecule has 1 N–H and O–H groups in total. The number of ether oxygens (including phenoxy) is 1. The Morgan fingerprint density at radius 1 is 1.12 bits per heavy atom. The maximum absolute atomic E-state index is 12.3. The number of nitrogens with one attached hydrogen (secondary N) is 1.